The quantitative estimate of drug-likeness (QED) is 0.794. The van der Waals surface area contributed by atoms with Crippen molar-refractivity contribution in [1.29, 1.82) is 0 Å². The first-order valence-corrected chi connectivity index (χ1v) is 8.39. The lowest BCUT2D eigenvalue weighted by Crippen LogP contribution is -2.41. The maximum atomic E-state index is 12.5. The van der Waals surface area contributed by atoms with Crippen molar-refractivity contribution in [3.63, 3.8) is 0 Å². The van der Waals surface area contributed by atoms with Gasteiger partial charge in [0, 0.05) is 24.7 Å². The largest absolute Gasteiger partial charge is 0.573 e. The Balaban J connectivity index is 1.69. The molecule has 9 nitrogen and oxygen atoms in total. The van der Waals surface area contributed by atoms with E-state index < -0.39 is 29.6 Å². The molecule has 1 unspecified atom stereocenters. The Morgan fingerprint density at radius 3 is 2.82 bits per heavy atom. The molecule has 2 aromatic rings. The average Bonchev–Trinajstić information content (AvgIpc) is 3.22. The van der Waals surface area contributed by atoms with Crippen LogP contribution in [0.25, 0.3) is 11.3 Å². The topological polar surface area (TPSA) is 116 Å². The molecule has 150 valence electrons. The number of pyridine rings is 1. The second-order valence-electron chi connectivity index (χ2n) is 6.59. The van der Waals surface area contributed by atoms with Gasteiger partial charge in [0.05, 0.1) is 31.1 Å². The summed E-state index contributed by atoms with van der Waals surface area (Å²) in [6.07, 6.45) is -4.16. The fraction of sp³-hybridized carbons (Fsp3) is 0.438. The zero-order valence-corrected chi connectivity index (χ0v) is 14.4. The molecule has 1 spiro atoms. The van der Waals surface area contributed by atoms with E-state index in [2.05, 4.69) is 14.8 Å². The molecule has 0 saturated carbocycles. The number of ether oxygens (including phenoxy) is 2. The van der Waals surface area contributed by atoms with Gasteiger partial charge in [-0.1, -0.05) is 0 Å². The highest BCUT2D eigenvalue weighted by molar-refractivity contribution is 5.66. The van der Waals surface area contributed by atoms with Crippen LogP contribution in [0.5, 0.6) is 5.75 Å². The Bertz CT molecular complexity index is 931. The SMILES string of the molecule is Nc1ncc(-c2cc3n(n2)CCOC32CCN(C(=O)O)C2)cc1OC(F)(F)F. The third-order valence-electron chi connectivity index (χ3n) is 4.83. The molecule has 4 heterocycles. The molecule has 4 rings (SSSR count). The van der Waals surface area contributed by atoms with Gasteiger partial charge in [0.15, 0.2) is 11.6 Å². The first-order valence-electron chi connectivity index (χ1n) is 8.39. The van der Waals surface area contributed by atoms with Crippen molar-refractivity contribution in [3.8, 4) is 17.0 Å². The molecule has 1 fully saturated rings. The summed E-state index contributed by atoms with van der Waals surface area (Å²) in [5.74, 6) is -1.00. The van der Waals surface area contributed by atoms with Gasteiger partial charge in [0.25, 0.3) is 0 Å². The monoisotopic (exact) mass is 399 g/mol. The van der Waals surface area contributed by atoms with Gasteiger partial charge in [-0.25, -0.2) is 9.78 Å². The summed E-state index contributed by atoms with van der Waals surface area (Å²) in [6.45, 7) is 1.28. The number of amides is 1. The number of alkyl halides is 3. The van der Waals surface area contributed by atoms with Gasteiger partial charge >= 0.3 is 12.5 Å². The minimum absolute atomic E-state index is 0.163. The highest BCUT2D eigenvalue weighted by Crippen LogP contribution is 2.40. The van der Waals surface area contributed by atoms with Crippen LogP contribution in [0.2, 0.25) is 0 Å². The number of hydrogen-bond donors (Lipinski definition) is 2. The number of halogens is 3. The molecule has 0 bridgehead atoms. The number of carbonyl (C=O) groups is 1. The van der Waals surface area contributed by atoms with E-state index in [4.69, 9.17) is 10.5 Å². The number of anilines is 1. The summed E-state index contributed by atoms with van der Waals surface area (Å²) in [4.78, 5) is 16.3. The minimum atomic E-state index is -4.90. The second-order valence-corrected chi connectivity index (χ2v) is 6.59. The van der Waals surface area contributed by atoms with Crippen molar-refractivity contribution in [2.24, 2.45) is 0 Å². The van der Waals surface area contributed by atoms with Crippen molar-refractivity contribution in [2.75, 3.05) is 25.4 Å². The predicted octanol–water partition coefficient (Wildman–Crippen LogP) is 2.04. The summed E-state index contributed by atoms with van der Waals surface area (Å²) >= 11 is 0. The van der Waals surface area contributed by atoms with E-state index in [-0.39, 0.29) is 6.54 Å². The van der Waals surface area contributed by atoms with Crippen molar-refractivity contribution >= 4 is 11.9 Å². The van der Waals surface area contributed by atoms with Crippen molar-refractivity contribution in [3.05, 3.63) is 24.0 Å². The van der Waals surface area contributed by atoms with Crippen LogP contribution in [0.3, 0.4) is 0 Å². The van der Waals surface area contributed by atoms with Gasteiger partial charge in [-0.2, -0.15) is 5.10 Å². The summed E-state index contributed by atoms with van der Waals surface area (Å²) < 4.78 is 49.2. The van der Waals surface area contributed by atoms with Crippen LogP contribution in [0.1, 0.15) is 12.1 Å². The molecule has 1 amide bonds. The molecular weight excluding hydrogens is 383 g/mol. The maximum absolute atomic E-state index is 12.5. The lowest BCUT2D eigenvalue weighted by atomic mass is 9.96. The summed E-state index contributed by atoms with van der Waals surface area (Å²) in [7, 11) is 0. The number of fused-ring (bicyclic) bond motifs is 2. The third kappa shape index (κ3) is 3.19. The zero-order valence-electron chi connectivity index (χ0n) is 14.4. The Morgan fingerprint density at radius 2 is 2.14 bits per heavy atom. The predicted molar refractivity (Wildman–Crippen MR) is 88.4 cm³/mol. The van der Waals surface area contributed by atoms with Crippen LogP contribution in [-0.4, -0.2) is 56.9 Å². The molecule has 2 aromatic heterocycles. The van der Waals surface area contributed by atoms with E-state index in [0.29, 0.717) is 43.1 Å². The van der Waals surface area contributed by atoms with Crippen LogP contribution >= 0.6 is 0 Å². The van der Waals surface area contributed by atoms with Crippen LogP contribution in [0.4, 0.5) is 23.8 Å². The van der Waals surface area contributed by atoms with Crippen LogP contribution < -0.4 is 10.5 Å². The Labute approximate surface area is 156 Å². The maximum Gasteiger partial charge on any atom is 0.573 e. The van der Waals surface area contributed by atoms with Crippen molar-refractivity contribution < 1.29 is 32.5 Å². The van der Waals surface area contributed by atoms with Gasteiger partial charge in [-0.3, -0.25) is 4.68 Å². The van der Waals surface area contributed by atoms with E-state index >= 15 is 0 Å². The molecule has 3 N–H and O–H groups in total. The smallest absolute Gasteiger partial charge is 0.465 e. The normalized spacial score (nSPS) is 21.8. The molecule has 0 radical (unpaired) electrons. The second kappa shape index (κ2) is 6.26. The van der Waals surface area contributed by atoms with E-state index in [1.165, 1.54) is 11.1 Å². The number of hydrogen-bond acceptors (Lipinski definition) is 6. The van der Waals surface area contributed by atoms with E-state index in [0.717, 1.165) is 6.07 Å². The third-order valence-corrected chi connectivity index (χ3v) is 4.83. The summed E-state index contributed by atoms with van der Waals surface area (Å²) in [5.41, 5.74) is 5.98. The van der Waals surface area contributed by atoms with Crippen LogP contribution in [0.15, 0.2) is 18.3 Å². The lowest BCUT2D eigenvalue weighted by Gasteiger charge is -2.33. The summed E-state index contributed by atoms with van der Waals surface area (Å²) in [6, 6.07) is 2.80. The van der Waals surface area contributed by atoms with Crippen LogP contribution in [0, 0.1) is 0 Å². The number of carboxylic acid groups (broad SMARTS) is 1. The molecule has 28 heavy (non-hydrogen) atoms. The molecule has 12 heteroatoms. The molecular formula is C16H16F3N5O4. The molecule has 1 saturated heterocycles. The van der Waals surface area contributed by atoms with Gasteiger partial charge in [0.1, 0.15) is 5.60 Å². The Morgan fingerprint density at radius 1 is 1.36 bits per heavy atom. The van der Waals surface area contributed by atoms with Crippen molar-refractivity contribution in [2.45, 2.75) is 24.9 Å². The zero-order chi connectivity index (χ0) is 20.1. The van der Waals surface area contributed by atoms with E-state index in [1.54, 1.807) is 10.7 Å². The first kappa shape index (κ1) is 18.3. The number of aromatic nitrogens is 3. The molecule has 0 aliphatic carbocycles. The number of nitrogens with two attached hydrogens (primary N) is 1. The Kier molecular flexibility index (Phi) is 4.10. The van der Waals surface area contributed by atoms with Gasteiger partial charge in [-0.05, 0) is 12.1 Å². The molecule has 0 aromatic carbocycles. The highest BCUT2D eigenvalue weighted by atomic mass is 19.4. The van der Waals surface area contributed by atoms with Crippen molar-refractivity contribution in [1.82, 2.24) is 19.7 Å². The number of rotatable bonds is 2. The standard InChI is InChI=1S/C16H16F3N5O4/c17-16(18,19)28-11-5-9(7-21-13(11)20)10-6-12-15(27-4-3-24(12)22-10)1-2-23(8-15)14(25)26/h5-7H,1-4,8H2,(H2,20,21)(H,25,26). The number of nitrogen functional groups attached to an aromatic ring is 1. The lowest BCUT2D eigenvalue weighted by molar-refractivity contribution is -0.274. The summed E-state index contributed by atoms with van der Waals surface area (Å²) in [5, 5.41) is 13.7. The van der Waals surface area contributed by atoms with E-state index in [9.17, 15) is 23.1 Å². The van der Waals surface area contributed by atoms with Gasteiger partial charge < -0.3 is 25.2 Å². The molecule has 2 aliphatic heterocycles. The van der Waals surface area contributed by atoms with E-state index in [1.807, 2.05) is 0 Å². The highest BCUT2D eigenvalue weighted by Gasteiger charge is 2.47. The fourth-order valence-corrected chi connectivity index (χ4v) is 3.57. The average molecular weight is 399 g/mol. The minimum Gasteiger partial charge on any atom is -0.465 e. The van der Waals surface area contributed by atoms with Gasteiger partial charge in [-0.15, -0.1) is 13.2 Å². The number of likely N-dealkylation sites (tertiary alicyclic amines) is 1. The fourth-order valence-electron chi connectivity index (χ4n) is 3.57. The van der Waals surface area contributed by atoms with Gasteiger partial charge in [0.2, 0.25) is 0 Å². The van der Waals surface area contributed by atoms with Crippen LogP contribution in [-0.2, 0) is 16.9 Å². The first-order chi connectivity index (χ1) is 13.2. The number of nitrogens with zero attached hydrogens (tertiary/aromatic N) is 4. The molecule has 2 aliphatic rings. The molecule has 1 atom stereocenters. The Hall–Kier alpha value is -3.02.